The van der Waals surface area contributed by atoms with Crippen LogP contribution in [0.5, 0.6) is 0 Å². The lowest BCUT2D eigenvalue weighted by atomic mass is 10.1. The monoisotopic (exact) mass is 173 g/mol. The van der Waals surface area contributed by atoms with Crippen molar-refractivity contribution in [2.45, 2.75) is 13.8 Å². The molecule has 2 heteroatoms. The highest BCUT2D eigenvalue weighted by Crippen LogP contribution is 2.26. The van der Waals surface area contributed by atoms with E-state index in [9.17, 15) is 0 Å². The molecule has 53 valence electrons. The Hall–Kier alpha value is -0.200. The largest absolute Gasteiger partial charge is 0.0824 e. The Morgan fingerprint density at radius 3 is 2.40 bits per heavy atom. The summed E-state index contributed by atoms with van der Waals surface area (Å²) < 4.78 is 0. The fourth-order valence-electron chi connectivity index (χ4n) is 0.681. The van der Waals surface area contributed by atoms with Crippen LogP contribution in [0.2, 0.25) is 10.0 Å². The fourth-order valence-corrected chi connectivity index (χ4v) is 1.08. The van der Waals surface area contributed by atoms with Gasteiger partial charge in [0.25, 0.3) is 0 Å². The predicted octanol–water partition coefficient (Wildman–Crippen LogP) is 3.41. The third-order valence-corrected chi connectivity index (χ3v) is 2.40. The Morgan fingerprint density at radius 2 is 1.90 bits per heavy atom. The van der Waals surface area contributed by atoms with Crippen LogP contribution in [0.1, 0.15) is 11.1 Å². The molecule has 0 fully saturated rings. The van der Waals surface area contributed by atoms with Crippen molar-refractivity contribution < 1.29 is 0 Å². The van der Waals surface area contributed by atoms with Crippen molar-refractivity contribution in [2.75, 3.05) is 0 Å². The minimum Gasteiger partial charge on any atom is -0.0824 e. The van der Waals surface area contributed by atoms with E-state index in [-0.39, 0.29) is 0 Å². The van der Waals surface area contributed by atoms with Gasteiger partial charge < -0.3 is 0 Å². The van der Waals surface area contributed by atoms with Gasteiger partial charge in [-0.25, -0.2) is 0 Å². The molecule has 0 nitrogen and oxygen atoms in total. The summed E-state index contributed by atoms with van der Waals surface area (Å²) in [6, 6.07) is 4.68. The molecule has 0 saturated carbocycles. The second-order valence-electron chi connectivity index (χ2n) is 2.22. The molecular weight excluding hydrogens is 167 g/mol. The van der Waals surface area contributed by atoms with E-state index in [4.69, 9.17) is 23.2 Å². The van der Waals surface area contributed by atoms with E-state index in [2.05, 4.69) is 6.07 Å². The summed E-state index contributed by atoms with van der Waals surface area (Å²) in [6.45, 7) is 3.92. The summed E-state index contributed by atoms with van der Waals surface area (Å²) in [5.41, 5.74) is 2.15. The van der Waals surface area contributed by atoms with Crippen molar-refractivity contribution in [3.8, 4) is 0 Å². The maximum absolute atomic E-state index is 5.82. The highest BCUT2D eigenvalue weighted by Gasteiger charge is 2.02. The third kappa shape index (κ3) is 1.28. The average Bonchev–Trinajstić information content (AvgIpc) is 1.93. The molecule has 0 aliphatic carbocycles. The molecule has 1 radical (unpaired) electrons. The van der Waals surface area contributed by atoms with Gasteiger partial charge in [-0.05, 0) is 31.0 Å². The Balaban J connectivity index is 3.34. The molecule has 0 N–H and O–H groups in total. The van der Waals surface area contributed by atoms with Crippen molar-refractivity contribution in [3.05, 3.63) is 33.3 Å². The fraction of sp³-hybridized carbons (Fsp3) is 0.250. The maximum Gasteiger partial charge on any atom is 0.0674 e. The van der Waals surface area contributed by atoms with E-state index in [1.807, 2.05) is 19.9 Å². The minimum atomic E-state index is 0.504. The van der Waals surface area contributed by atoms with Gasteiger partial charge in [0.2, 0.25) is 0 Å². The predicted molar refractivity (Wildman–Crippen MR) is 44.8 cm³/mol. The van der Waals surface area contributed by atoms with E-state index >= 15 is 0 Å². The quantitative estimate of drug-likeness (QED) is 0.565. The lowest BCUT2D eigenvalue weighted by Gasteiger charge is -2.02. The molecule has 1 rings (SSSR count). The smallest absolute Gasteiger partial charge is 0.0674 e. The molecule has 0 heterocycles. The number of benzene rings is 1. The molecule has 0 aliphatic heterocycles. The first kappa shape index (κ1) is 7.90. The zero-order chi connectivity index (χ0) is 7.72. The zero-order valence-electron chi connectivity index (χ0n) is 5.83. The van der Waals surface area contributed by atoms with Gasteiger partial charge in [0.1, 0.15) is 0 Å². The van der Waals surface area contributed by atoms with Gasteiger partial charge in [-0.3, -0.25) is 0 Å². The lowest BCUT2D eigenvalue weighted by molar-refractivity contribution is 1.34. The minimum absolute atomic E-state index is 0.504. The first-order valence-corrected chi connectivity index (χ1v) is 3.71. The van der Waals surface area contributed by atoms with Crippen LogP contribution in [-0.4, -0.2) is 0 Å². The molecule has 0 saturated heterocycles. The van der Waals surface area contributed by atoms with Gasteiger partial charge in [-0.2, -0.15) is 0 Å². The number of rotatable bonds is 0. The van der Waals surface area contributed by atoms with Gasteiger partial charge in [0.15, 0.2) is 0 Å². The molecule has 1 aromatic rings. The summed E-state index contributed by atoms with van der Waals surface area (Å²) in [7, 11) is 0. The van der Waals surface area contributed by atoms with E-state index in [1.54, 1.807) is 0 Å². The SMILES string of the molecule is Cc1c[c]c(Cl)c(Cl)c1C. The standard InChI is InChI=1S/C8H7Cl2/c1-5-3-4-7(9)8(10)6(5)2/h3H,1-2H3. The number of aryl methyl sites for hydroxylation is 1. The summed E-state index contributed by atoms with van der Waals surface area (Å²) in [6.07, 6.45) is 0. The number of halogens is 2. The van der Waals surface area contributed by atoms with Gasteiger partial charge in [0.05, 0.1) is 10.0 Å². The van der Waals surface area contributed by atoms with Crippen LogP contribution in [0.15, 0.2) is 6.07 Å². The van der Waals surface area contributed by atoms with Crippen LogP contribution in [0.25, 0.3) is 0 Å². The Labute approximate surface area is 70.8 Å². The Bertz CT molecular complexity index is 227. The van der Waals surface area contributed by atoms with Crippen molar-refractivity contribution in [1.82, 2.24) is 0 Å². The van der Waals surface area contributed by atoms with Crippen LogP contribution in [0.3, 0.4) is 0 Å². The average molecular weight is 174 g/mol. The Morgan fingerprint density at radius 1 is 1.30 bits per heavy atom. The zero-order valence-corrected chi connectivity index (χ0v) is 7.35. The Kier molecular flexibility index (Phi) is 2.22. The van der Waals surface area contributed by atoms with Crippen molar-refractivity contribution >= 4 is 23.2 Å². The maximum atomic E-state index is 5.82. The van der Waals surface area contributed by atoms with E-state index in [0.29, 0.717) is 10.0 Å². The number of hydrogen-bond donors (Lipinski definition) is 0. The van der Waals surface area contributed by atoms with Crippen LogP contribution in [0.4, 0.5) is 0 Å². The molecule has 0 aliphatic rings. The highest BCUT2D eigenvalue weighted by atomic mass is 35.5. The topological polar surface area (TPSA) is 0 Å². The second kappa shape index (κ2) is 2.81. The summed E-state index contributed by atoms with van der Waals surface area (Å²) in [4.78, 5) is 0. The van der Waals surface area contributed by atoms with Crippen LogP contribution < -0.4 is 0 Å². The van der Waals surface area contributed by atoms with Gasteiger partial charge in [0, 0.05) is 6.07 Å². The van der Waals surface area contributed by atoms with Crippen LogP contribution in [-0.2, 0) is 0 Å². The highest BCUT2D eigenvalue weighted by molar-refractivity contribution is 6.42. The number of hydrogen-bond acceptors (Lipinski definition) is 0. The molecule has 0 unspecified atom stereocenters. The normalized spacial score (nSPS) is 10.0. The van der Waals surface area contributed by atoms with Crippen molar-refractivity contribution in [3.63, 3.8) is 0 Å². The van der Waals surface area contributed by atoms with Gasteiger partial charge >= 0.3 is 0 Å². The third-order valence-electron chi connectivity index (χ3n) is 1.53. The van der Waals surface area contributed by atoms with Gasteiger partial charge in [-0.15, -0.1) is 0 Å². The molecular formula is C8H7Cl2. The van der Waals surface area contributed by atoms with E-state index in [1.165, 1.54) is 0 Å². The van der Waals surface area contributed by atoms with Crippen molar-refractivity contribution in [2.24, 2.45) is 0 Å². The van der Waals surface area contributed by atoms with E-state index < -0.39 is 0 Å². The summed E-state index contributed by atoms with van der Waals surface area (Å²) >= 11 is 11.5. The molecule has 0 amide bonds. The second-order valence-corrected chi connectivity index (χ2v) is 2.98. The van der Waals surface area contributed by atoms with E-state index in [0.717, 1.165) is 11.1 Å². The summed E-state index contributed by atoms with van der Waals surface area (Å²) in [5.74, 6) is 0. The lowest BCUT2D eigenvalue weighted by Crippen LogP contribution is -1.81. The first-order valence-electron chi connectivity index (χ1n) is 2.96. The van der Waals surface area contributed by atoms with Crippen LogP contribution >= 0.6 is 23.2 Å². The molecule has 1 aromatic carbocycles. The van der Waals surface area contributed by atoms with Crippen LogP contribution in [0, 0.1) is 19.9 Å². The van der Waals surface area contributed by atoms with Gasteiger partial charge in [-0.1, -0.05) is 23.2 Å². The molecule has 0 bridgehead atoms. The van der Waals surface area contributed by atoms with Crippen molar-refractivity contribution in [1.29, 1.82) is 0 Å². The molecule has 0 aromatic heterocycles. The first-order chi connectivity index (χ1) is 4.63. The summed E-state index contributed by atoms with van der Waals surface area (Å²) in [5, 5.41) is 1.12. The molecule has 0 atom stereocenters. The molecule has 0 spiro atoms. The molecule has 10 heavy (non-hydrogen) atoms.